The van der Waals surface area contributed by atoms with E-state index >= 15 is 0 Å². The maximum Gasteiger partial charge on any atom is 0.326 e. The Labute approximate surface area is 129 Å². The topological polar surface area (TPSA) is 56.2 Å². The number of fused-ring (bicyclic) bond motifs is 3. The summed E-state index contributed by atoms with van der Waals surface area (Å²) in [4.78, 5) is 15.3. The van der Waals surface area contributed by atoms with Gasteiger partial charge in [-0.3, -0.25) is 4.57 Å². The normalized spacial score (nSPS) is 14.2. The molecule has 0 aliphatic carbocycles. The van der Waals surface area contributed by atoms with E-state index in [1.54, 1.807) is 14.2 Å². The monoisotopic (exact) mass is 302 g/mol. The van der Waals surface area contributed by atoms with Crippen LogP contribution >= 0.6 is 0 Å². The molecule has 0 amide bonds. The molecular formula is C17H22N2O3. The van der Waals surface area contributed by atoms with Gasteiger partial charge in [0.1, 0.15) is 0 Å². The van der Waals surface area contributed by atoms with Gasteiger partial charge in [-0.2, -0.15) is 0 Å². The van der Waals surface area contributed by atoms with Crippen molar-refractivity contribution in [3.8, 4) is 22.8 Å². The summed E-state index contributed by atoms with van der Waals surface area (Å²) in [5, 5.41) is 0. The highest BCUT2D eigenvalue weighted by molar-refractivity contribution is 5.72. The Morgan fingerprint density at radius 3 is 2.59 bits per heavy atom. The van der Waals surface area contributed by atoms with Crippen molar-refractivity contribution in [3.05, 3.63) is 33.9 Å². The summed E-state index contributed by atoms with van der Waals surface area (Å²) in [6, 6.07) is 4.01. The van der Waals surface area contributed by atoms with Crippen LogP contribution in [0, 0.1) is 0 Å². The fourth-order valence-corrected chi connectivity index (χ4v) is 3.13. The first-order valence-corrected chi connectivity index (χ1v) is 7.68. The zero-order chi connectivity index (χ0) is 15.9. The third kappa shape index (κ3) is 2.12. The van der Waals surface area contributed by atoms with Crippen molar-refractivity contribution in [2.45, 2.75) is 39.2 Å². The minimum absolute atomic E-state index is 0.0225. The molecule has 1 N–H and O–H groups in total. The number of H-pyrrole nitrogens is 1. The second-order valence-corrected chi connectivity index (χ2v) is 5.77. The van der Waals surface area contributed by atoms with Crippen LogP contribution < -0.4 is 15.2 Å². The third-order valence-electron chi connectivity index (χ3n) is 4.59. The van der Waals surface area contributed by atoms with Crippen molar-refractivity contribution in [1.82, 2.24) is 9.55 Å². The Morgan fingerprint density at radius 2 is 1.95 bits per heavy atom. The number of nitrogens with one attached hydrogen (secondary N) is 1. The van der Waals surface area contributed by atoms with E-state index in [0.717, 1.165) is 35.5 Å². The lowest BCUT2D eigenvalue weighted by Gasteiger charge is -2.22. The van der Waals surface area contributed by atoms with Crippen LogP contribution in [-0.4, -0.2) is 23.8 Å². The largest absolute Gasteiger partial charge is 0.493 e. The molecule has 3 rings (SSSR count). The fraction of sp³-hybridized carbons (Fsp3) is 0.471. The zero-order valence-electron chi connectivity index (χ0n) is 13.5. The lowest BCUT2D eigenvalue weighted by molar-refractivity contribution is 0.354. The summed E-state index contributed by atoms with van der Waals surface area (Å²) in [5.74, 6) is 1.74. The second kappa shape index (κ2) is 5.55. The molecule has 118 valence electrons. The Hall–Kier alpha value is -2.17. The van der Waals surface area contributed by atoms with E-state index in [0.29, 0.717) is 18.2 Å². The van der Waals surface area contributed by atoms with Crippen LogP contribution in [0.1, 0.15) is 37.4 Å². The minimum Gasteiger partial charge on any atom is -0.493 e. The van der Waals surface area contributed by atoms with E-state index in [-0.39, 0.29) is 5.69 Å². The van der Waals surface area contributed by atoms with Crippen molar-refractivity contribution in [2.24, 2.45) is 0 Å². The standard InChI is InChI=1S/C17H22N2O3/c1-5-10(2)15-16-12-9-14(22-4)13(21-3)8-11(12)6-7-19(16)17(20)18-15/h8-10H,5-7H2,1-4H3,(H,18,20). The van der Waals surface area contributed by atoms with Gasteiger partial charge in [-0.25, -0.2) is 4.79 Å². The summed E-state index contributed by atoms with van der Waals surface area (Å²) < 4.78 is 12.7. The van der Waals surface area contributed by atoms with Crippen molar-refractivity contribution < 1.29 is 9.47 Å². The number of hydrogen-bond donors (Lipinski definition) is 1. The summed E-state index contributed by atoms with van der Waals surface area (Å²) in [6.45, 7) is 4.97. The number of ether oxygens (including phenoxy) is 2. The van der Waals surface area contributed by atoms with Crippen molar-refractivity contribution >= 4 is 0 Å². The van der Waals surface area contributed by atoms with Crippen LogP contribution in [-0.2, 0) is 13.0 Å². The van der Waals surface area contributed by atoms with E-state index in [2.05, 4.69) is 18.8 Å². The Balaban J connectivity index is 2.26. The lowest BCUT2D eigenvalue weighted by Crippen LogP contribution is -2.22. The molecule has 0 fully saturated rings. The van der Waals surface area contributed by atoms with Gasteiger partial charge in [-0.15, -0.1) is 0 Å². The van der Waals surface area contributed by atoms with Crippen molar-refractivity contribution in [2.75, 3.05) is 14.2 Å². The van der Waals surface area contributed by atoms with Crippen molar-refractivity contribution in [1.29, 1.82) is 0 Å². The zero-order valence-corrected chi connectivity index (χ0v) is 13.5. The van der Waals surface area contributed by atoms with E-state index in [4.69, 9.17) is 9.47 Å². The minimum atomic E-state index is -0.0225. The van der Waals surface area contributed by atoms with Crippen LogP contribution in [0.3, 0.4) is 0 Å². The molecule has 22 heavy (non-hydrogen) atoms. The molecule has 5 heteroatoms. The molecule has 1 aliphatic heterocycles. The van der Waals surface area contributed by atoms with Crippen molar-refractivity contribution in [3.63, 3.8) is 0 Å². The van der Waals surface area contributed by atoms with Gasteiger partial charge in [0.05, 0.1) is 19.9 Å². The molecule has 1 aromatic carbocycles. The molecule has 0 bridgehead atoms. The molecule has 1 aliphatic rings. The number of aromatic nitrogens is 2. The number of methoxy groups -OCH3 is 2. The van der Waals surface area contributed by atoms with Crippen LogP contribution in [0.5, 0.6) is 11.5 Å². The quantitative estimate of drug-likeness (QED) is 0.944. The molecule has 2 heterocycles. The molecule has 0 spiro atoms. The highest BCUT2D eigenvalue weighted by Gasteiger charge is 2.26. The summed E-state index contributed by atoms with van der Waals surface area (Å²) >= 11 is 0. The van der Waals surface area contributed by atoms with Gasteiger partial charge < -0.3 is 14.5 Å². The Kier molecular flexibility index (Phi) is 3.72. The Morgan fingerprint density at radius 1 is 1.27 bits per heavy atom. The highest BCUT2D eigenvalue weighted by atomic mass is 16.5. The SMILES string of the molecule is CCC(C)c1[nH]c(=O)n2c1-c1cc(OC)c(OC)cc1CC2. The summed E-state index contributed by atoms with van der Waals surface area (Å²) in [7, 11) is 3.27. The number of nitrogens with zero attached hydrogens (tertiary/aromatic N) is 1. The molecule has 0 saturated heterocycles. The van der Waals surface area contributed by atoms with Crippen LogP contribution in [0.4, 0.5) is 0 Å². The second-order valence-electron chi connectivity index (χ2n) is 5.77. The van der Waals surface area contributed by atoms with Gasteiger partial charge in [0.15, 0.2) is 11.5 Å². The molecule has 1 aromatic heterocycles. The number of aryl methyl sites for hydroxylation is 1. The first-order valence-electron chi connectivity index (χ1n) is 7.68. The van der Waals surface area contributed by atoms with Crippen LogP contribution in [0.2, 0.25) is 0 Å². The average molecular weight is 302 g/mol. The van der Waals surface area contributed by atoms with E-state index < -0.39 is 0 Å². The molecular weight excluding hydrogens is 280 g/mol. The lowest BCUT2D eigenvalue weighted by atomic mass is 9.92. The van der Waals surface area contributed by atoms with Gasteiger partial charge in [0.25, 0.3) is 0 Å². The Bertz CT molecular complexity index is 758. The molecule has 2 aromatic rings. The molecule has 1 atom stereocenters. The highest BCUT2D eigenvalue weighted by Crippen LogP contribution is 2.40. The molecule has 0 saturated carbocycles. The number of benzene rings is 1. The van der Waals surface area contributed by atoms with E-state index in [9.17, 15) is 4.79 Å². The number of imidazole rings is 1. The van der Waals surface area contributed by atoms with Gasteiger partial charge in [-0.1, -0.05) is 13.8 Å². The molecule has 0 radical (unpaired) electrons. The van der Waals surface area contributed by atoms with Gasteiger partial charge >= 0.3 is 5.69 Å². The summed E-state index contributed by atoms with van der Waals surface area (Å²) in [6.07, 6.45) is 1.80. The third-order valence-corrected chi connectivity index (χ3v) is 4.59. The molecule has 1 unspecified atom stereocenters. The predicted molar refractivity (Wildman–Crippen MR) is 86.0 cm³/mol. The van der Waals surface area contributed by atoms with E-state index in [1.165, 1.54) is 5.56 Å². The predicted octanol–water partition coefficient (Wildman–Crippen LogP) is 2.93. The maximum absolute atomic E-state index is 12.2. The first kappa shape index (κ1) is 14.8. The average Bonchev–Trinajstić information content (AvgIpc) is 2.90. The number of aromatic amines is 1. The first-order chi connectivity index (χ1) is 10.6. The maximum atomic E-state index is 12.2. The van der Waals surface area contributed by atoms with E-state index in [1.807, 2.05) is 16.7 Å². The van der Waals surface area contributed by atoms with Gasteiger partial charge in [-0.05, 0) is 36.5 Å². The number of rotatable bonds is 4. The number of hydrogen-bond acceptors (Lipinski definition) is 3. The summed E-state index contributed by atoms with van der Waals surface area (Å²) in [5.41, 5.74) is 4.26. The van der Waals surface area contributed by atoms with Crippen LogP contribution in [0.25, 0.3) is 11.3 Å². The van der Waals surface area contributed by atoms with Crippen LogP contribution in [0.15, 0.2) is 16.9 Å². The smallest absolute Gasteiger partial charge is 0.326 e. The van der Waals surface area contributed by atoms with Gasteiger partial charge in [0.2, 0.25) is 0 Å². The molecule has 5 nitrogen and oxygen atoms in total. The fourth-order valence-electron chi connectivity index (χ4n) is 3.13. The van der Waals surface area contributed by atoms with Gasteiger partial charge in [0, 0.05) is 17.8 Å².